The number of hydrogen-bond donors (Lipinski definition) is 1. The minimum Gasteiger partial charge on any atom is -0.379 e. The maximum Gasteiger partial charge on any atom is 0.178 e. The number of aryl methyl sites for hydroxylation is 1. The summed E-state index contributed by atoms with van der Waals surface area (Å²) in [5.74, 6) is 0. The number of fused-ring (bicyclic) bond motifs is 1. The van der Waals surface area contributed by atoms with Crippen molar-refractivity contribution in [1.29, 1.82) is 0 Å². The van der Waals surface area contributed by atoms with Crippen LogP contribution >= 0.6 is 12.2 Å². The summed E-state index contributed by atoms with van der Waals surface area (Å²) < 4.78 is 8.44. The zero-order valence-electron chi connectivity index (χ0n) is 9.19. The summed E-state index contributed by atoms with van der Waals surface area (Å²) in [7, 11) is 0. The molecule has 3 nitrogen and oxygen atoms in total. The Labute approximate surface area is 99.0 Å². The van der Waals surface area contributed by atoms with Crippen molar-refractivity contribution in [3.8, 4) is 0 Å². The van der Waals surface area contributed by atoms with Crippen LogP contribution in [0.2, 0.25) is 0 Å². The third-order valence-electron chi connectivity index (χ3n) is 3.23. The van der Waals surface area contributed by atoms with Gasteiger partial charge in [0.1, 0.15) is 0 Å². The van der Waals surface area contributed by atoms with Crippen LogP contribution in [0.25, 0.3) is 11.0 Å². The van der Waals surface area contributed by atoms with Crippen LogP contribution in [0.15, 0.2) is 18.2 Å². The molecule has 16 heavy (non-hydrogen) atoms. The summed E-state index contributed by atoms with van der Waals surface area (Å²) in [4.78, 5) is 3.29. The minimum absolute atomic E-state index is 0.392. The van der Waals surface area contributed by atoms with Gasteiger partial charge in [-0.05, 0) is 37.2 Å². The summed E-state index contributed by atoms with van der Waals surface area (Å²) in [6, 6.07) is 6.69. The van der Waals surface area contributed by atoms with E-state index in [-0.39, 0.29) is 0 Å². The SMILES string of the molecule is Cc1cccc2c1[nH]c(=S)n2C1CCOC1. The third kappa shape index (κ3) is 1.41. The van der Waals surface area contributed by atoms with E-state index in [4.69, 9.17) is 17.0 Å². The molecule has 0 spiro atoms. The first-order valence-electron chi connectivity index (χ1n) is 5.55. The van der Waals surface area contributed by atoms with Gasteiger partial charge in [-0.15, -0.1) is 0 Å². The Morgan fingerprint density at radius 3 is 3.12 bits per heavy atom. The van der Waals surface area contributed by atoms with Gasteiger partial charge in [0.25, 0.3) is 0 Å². The average Bonchev–Trinajstić information content (AvgIpc) is 2.85. The Morgan fingerprint density at radius 2 is 2.38 bits per heavy atom. The molecule has 1 aliphatic rings. The van der Waals surface area contributed by atoms with E-state index in [1.807, 2.05) is 0 Å². The molecule has 0 bridgehead atoms. The molecule has 1 atom stereocenters. The van der Waals surface area contributed by atoms with Gasteiger partial charge in [-0.2, -0.15) is 0 Å². The van der Waals surface area contributed by atoms with Crippen molar-refractivity contribution in [3.05, 3.63) is 28.5 Å². The molecular formula is C12H14N2OS. The van der Waals surface area contributed by atoms with E-state index in [0.717, 1.165) is 29.9 Å². The molecule has 1 saturated heterocycles. The van der Waals surface area contributed by atoms with Gasteiger partial charge in [-0.3, -0.25) is 0 Å². The number of para-hydroxylation sites is 1. The lowest BCUT2D eigenvalue weighted by Crippen LogP contribution is -2.08. The highest BCUT2D eigenvalue weighted by Crippen LogP contribution is 2.26. The van der Waals surface area contributed by atoms with Crippen LogP contribution in [-0.2, 0) is 4.74 Å². The van der Waals surface area contributed by atoms with Crippen molar-refractivity contribution in [2.75, 3.05) is 13.2 Å². The second-order valence-electron chi connectivity index (χ2n) is 4.29. The molecule has 4 heteroatoms. The van der Waals surface area contributed by atoms with Crippen LogP contribution in [0, 0.1) is 11.7 Å². The van der Waals surface area contributed by atoms with Crippen molar-refractivity contribution in [3.63, 3.8) is 0 Å². The van der Waals surface area contributed by atoms with E-state index in [0.29, 0.717) is 6.04 Å². The second-order valence-corrected chi connectivity index (χ2v) is 4.67. The maximum atomic E-state index is 5.43. The predicted octanol–water partition coefficient (Wildman–Crippen LogP) is 2.97. The molecule has 0 saturated carbocycles. The topological polar surface area (TPSA) is 29.9 Å². The standard InChI is InChI=1S/C12H14N2OS/c1-8-3-2-4-10-11(8)13-12(16)14(10)9-5-6-15-7-9/h2-4,9H,5-7H2,1H3,(H,13,16). The molecule has 0 amide bonds. The van der Waals surface area contributed by atoms with E-state index in [1.54, 1.807) is 0 Å². The van der Waals surface area contributed by atoms with Gasteiger partial charge in [0.2, 0.25) is 0 Å². The molecule has 0 aliphatic carbocycles. The molecule has 0 radical (unpaired) electrons. The molecule has 2 heterocycles. The lowest BCUT2D eigenvalue weighted by molar-refractivity contribution is 0.187. The van der Waals surface area contributed by atoms with Gasteiger partial charge < -0.3 is 14.3 Å². The molecular weight excluding hydrogens is 220 g/mol. The number of nitrogens with zero attached hydrogens (tertiary/aromatic N) is 1. The van der Waals surface area contributed by atoms with E-state index in [2.05, 4.69) is 34.7 Å². The van der Waals surface area contributed by atoms with Crippen molar-refractivity contribution < 1.29 is 4.74 Å². The minimum atomic E-state index is 0.392. The smallest absolute Gasteiger partial charge is 0.178 e. The quantitative estimate of drug-likeness (QED) is 0.769. The van der Waals surface area contributed by atoms with Crippen LogP contribution in [0.3, 0.4) is 0 Å². The normalized spacial score (nSPS) is 20.7. The van der Waals surface area contributed by atoms with Crippen LogP contribution in [-0.4, -0.2) is 22.8 Å². The summed E-state index contributed by atoms with van der Waals surface area (Å²) in [5.41, 5.74) is 3.58. The summed E-state index contributed by atoms with van der Waals surface area (Å²) >= 11 is 5.40. The molecule has 1 N–H and O–H groups in total. The molecule has 1 aliphatic heterocycles. The molecule has 1 fully saturated rings. The predicted molar refractivity (Wildman–Crippen MR) is 66.3 cm³/mol. The molecule has 84 valence electrons. The number of rotatable bonds is 1. The van der Waals surface area contributed by atoms with Crippen LogP contribution in [0.5, 0.6) is 0 Å². The number of benzene rings is 1. The second kappa shape index (κ2) is 3.71. The van der Waals surface area contributed by atoms with E-state index in [9.17, 15) is 0 Å². The average molecular weight is 234 g/mol. The van der Waals surface area contributed by atoms with Crippen LogP contribution in [0.4, 0.5) is 0 Å². The van der Waals surface area contributed by atoms with Crippen LogP contribution < -0.4 is 0 Å². The monoisotopic (exact) mass is 234 g/mol. The number of aromatic nitrogens is 2. The Balaban J connectivity index is 2.27. The maximum absolute atomic E-state index is 5.43. The molecule has 1 unspecified atom stereocenters. The lowest BCUT2D eigenvalue weighted by Gasteiger charge is -2.10. The van der Waals surface area contributed by atoms with E-state index >= 15 is 0 Å². The molecule has 3 rings (SSSR count). The Morgan fingerprint density at radius 1 is 1.50 bits per heavy atom. The fraction of sp³-hybridized carbons (Fsp3) is 0.417. The summed E-state index contributed by atoms with van der Waals surface area (Å²) in [6.45, 7) is 3.71. The summed E-state index contributed by atoms with van der Waals surface area (Å²) in [6.07, 6.45) is 1.05. The van der Waals surface area contributed by atoms with Gasteiger partial charge in [0, 0.05) is 6.61 Å². The van der Waals surface area contributed by atoms with Crippen molar-refractivity contribution in [2.45, 2.75) is 19.4 Å². The first-order valence-corrected chi connectivity index (χ1v) is 5.96. The van der Waals surface area contributed by atoms with Gasteiger partial charge in [0.15, 0.2) is 4.77 Å². The Bertz CT molecular complexity index is 578. The third-order valence-corrected chi connectivity index (χ3v) is 3.53. The fourth-order valence-electron chi connectivity index (χ4n) is 2.38. The highest BCUT2D eigenvalue weighted by molar-refractivity contribution is 7.71. The largest absolute Gasteiger partial charge is 0.379 e. The summed E-state index contributed by atoms with van der Waals surface area (Å²) in [5, 5.41) is 0. The molecule has 1 aromatic carbocycles. The number of nitrogens with one attached hydrogen (secondary N) is 1. The first kappa shape index (κ1) is 10.1. The number of H-pyrrole nitrogens is 1. The van der Waals surface area contributed by atoms with E-state index in [1.165, 1.54) is 11.1 Å². The van der Waals surface area contributed by atoms with Crippen LogP contribution in [0.1, 0.15) is 18.0 Å². The van der Waals surface area contributed by atoms with Gasteiger partial charge >= 0.3 is 0 Å². The molecule has 1 aromatic heterocycles. The van der Waals surface area contributed by atoms with Crippen molar-refractivity contribution >= 4 is 23.3 Å². The zero-order chi connectivity index (χ0) is 11.1. The zero-order valence-corrected chi connectivity index (χ0v) is 10.0. The molecule has 2 aromatic rings. The fourth-order valence-corrected chi connectivity index (χ4v) is 2.73. The highest BCUT2D eigenvalue weighted by atomic mass is 32.1. The Kier molecular flexibility index (Phi) is 2.33. The first-order chi connectivity index (χ1) is 7.77. The van der Waals surface area contributed by atoms with Crippen molar-refractivity contribution in [2.24, 2.45) is 0 Å². The Hall–Kier alpha value is -1.13. The van der Waals surface area contributed by atoms with Gasteiger partial charge in [-0.1, -0.05) is 12.1 Å². The number of aromatic amines is 1. The van der Waals surface area contributed by atoms with Crippen molar-refractivity contribution in [1.82, 2.24) is 9.55 Å². The lowest BCUT2D eigenvalue weighted by atomic mass is 10.2. The van der Waals surface area contributed by atoms with Gasteiger partial charge in [0.05, 0.1) is 23.7 Å². The van der Waals surface area contributed by atoms with E-state index < -0.39 is 0 Å². The number of hydrogen-bond acceptors (Lipinski definition) is 2. The number of ether oxygens (including phenoxy) is 1. The highest BCUT2D eigenvalue weighted by Gasteiger charge is 2.20. The van der Waals surface area contributed by atoms with Gasteiger partial charge in [-0.25, -0.2) is 0 Å². The number of imidazole rings is 1.